The maximum atomic E-state index is 12.9. The zero-order valence-corrected chi connectivity index (χ0v) is 14.6. The van der Waals surface area contributed by atoms with Gasteiger partial charge in [0.05, 0.1) is 6.04 Å². The van der Waals surface area contributed by atoms with Crippen molar-refractivity contribution in [3.63, 3.8) is 0 Å². The number of thiophene rings is 1. The molecule has 1 aromatic heterocycles. The van der Waals surface area contributed by atoms with Gasteiger partial charge < -0.3 is 4.90 Å². The Morgan fingerprint density at radius 3 is 2.67 bits per heavy atom. The molecule has 0 spiro atoms. The second-order valence-corrected chi connectivity index (χ2v) is 8.08. The van der Waals surface area contributed by atoms with E-state index in [-0.39, 0.29) is 5.91 Å². The molecular formula is C17H16INOS. The van der Waals surface area contributed by atoms with Crippen LogP contribution >= 0.6 is 33.9 Å². The Balaban J connectivity index is 1.67. The average Bonchev–Trinajstić information content (AvgIpc) is 3.22. The van der Waals surface area contributed by atoms with E-state index in [1.807, 2.05) is 35.6 Å². The van der Waals surface area contributed by atoms with Gasteiger partial charge in [-0.15, -0.1) is 11.3 Å². The minimum atomic E-state index is 0.195. The lowest BCUT2D eigenvalue weighted by molar-refractivity contribution is 0.0637. The van der Waals surface area contributed by atoms with Gasteiger partial charge in [0.1, 0.15) is 0 Å². The van der Waals surface area contributed by atoms with Gasteiger partial charge in [-0.25, -0.2) is 0 Å². The molecule has 0 N–H and O–H groups in total. The van der Waals surface area contributed by atoms with Crippen molar-refractivity contribution in [2.75, 3.05) is 6.54 Å². The van der Waals surface area contributed by atoms with Crippen LogP contribution in [0.25, 0.3) is 0 Å². The zero-order valence-electron chi connectivity index (χ0n) is 11.6. The Morgan fingerprint density at radius 1 is 1.19 bits per heavy atom. The van der Waals surface area contributed by atoms with Crippen LogP contribution in [0.1, 0.15) is 39.7 Å². The van der Waals surface area contributed by atoms with E-state index in [0.717, 1.165) is 18.5 Å². The molecule has 1 amide bonds. The fourth-order valence-electron chi connectivity index (χ4n) is 3.25. The van der Waals surface area contributed by atoms with E-state index in [1.54, 1.807) is 0 Å². The number of rotatable bonds is 2. The summed E-state index contributed by atoms with van der Waals surface area (Å²) >= 11 is 4.12. The molecule has 2 aromatic rings. The summed E-state index contributed by atoms with van der Waals surface area (Å²) in [4.78, 5) is 16.5. The summed E-state index contributed by atoms with van der Waals surface area (Å²) < 4.78 is 1.17. The summed E-state index contributed by atoms with van der Waals surface area (Å²) in [5.41, 5.74) is 2.23. The SMILES string of the molecule is O=C(c1ccc(I)cc1)N1CCc2sccc2C1C1CC1. The molecule has 2 heterocycles. The molecular weight excluding hydrogens is 393 g/mol. The summed E-state index contributed by atoms with van der Waals surface area (Å²) in [5.74, 6) is 0.867. The minimum Gasteiger partial charge on any atom is -0.331 e. The van der Waals surface area contributed by atoms with E-state index in [1.165, 1.54) is 26.9 Å². The molecule has 1 fully saturated rings. The topological polar surface area (TPSA) is 20.3 Å². The third kappa shape index (κ3) is 2.52. The quantitative estimate of drug-likeness (QED) is 0.669. The molecule has 0 saturated heterocycles. The zero-order chi connectivity index (χ0) is 14.4. The Hall–Kier alpha value is -0.880. The lowest BCUT2D eigenvalue weighted by atomic mass is 9.95. The Morgan fingerprint density at radius 2 is 1.95 bits per heavy atom. The minimum absolute atomic E-state index is 0.195. The molecule has 2 aliphatic rings. The molecule has 1 aliphatic heterocycles. The normalized spacial score (nSPS) is 21.2. The van der Waals surface area contributed by atoms with Gasteiger partial charge in [-0.05, 0) is 89.0 Å². The van der Waals surface area contributed by atoms with Crippen LogP contribution in [0.3, 0.4) is 0 Å². The van der Waals surface area contributed by atoms with Crippen molar-refractivity contribution in [2.24, 2.45) is 5.92 Å². The van der Waals surface area contributed by atoms with Gasteiger partial charge in [-0.2, -0.15) is 0 Å². The Labute approximate surface area is 142 Å². The Bertz CT molecular complexity index is 674. The molecule has 2 nitrogen and oxygen atoms in total. The van der Waals surface area contributed by atoms with Crippen LogP contribution in [0, 0.1) is 9.49 Å². The average molecular weight is 409 g/mol. The number of fused-ring (bicyclic) bond motifs is 1. The van der Waals surface area contributed by atoms with Gasteiger partial charge in [0.2, 0.25) is 0 Å². The van der Waals surface area contributed by atoms with Crippen molar-refractivity contribution in [3.05, 3.63) is 55.3 Å². The van der Waals surface area contributed by atoms with Gasteiger partial charge in [0, 0.05) is 20.6 Å². The van der Waals surface area contributed by atoms with Crippen LogP contribution in [0.2, 0.25) is 0 Å². The van der Waals surface area contributed by atoms with E-state index in [2.05, 4.69) is 38.9 Å². The summed E-state index contributed by atoms with van der Waals surface area (Å²) in [7, 11) is 0. The number of amides is 1. The number of carbonyl (C=O) groups excluding carboxylic acids is 1. The van der Waals surface area contributed by atoms with Crippen molar-refractivity contribution >= 4 is 39.8 Å². The van der Waals surface area contributed by atoms with E-state index in [4.69, 9.17) is 0 Å². The fourth-order valence-corrected chi connectivity index (χ4v) is 4.53. The first kappa shape index (κ1) is 13.8. The number of nitrogens with zero attached hydrogens (tertiary/aromatic N) is 1. The number of hydrogen-bond acceptors (Lipinski definition) is 2. The summed E-state index contributed by atoms with van der Waals surface area (Å²) in [6.45, 7) is 0.861. The Kier molecular flexibility index (Phi) is 3.53. The monoisotopic (exact) mass is 409 g/mol. The lowest BCUT2D eigenvalue weighted by Crippen LogP contribution is -2.40. The first-order chi connectivity index (χ1) is 10.2. The van der Waals surface area contributed by atoms with Crippen LogP contribution in [-0.2, 0) is 6.42 Å². The van der Waals surface area contributed by atoms with Gasteiger partial charge in [0.15, 0.2) is 0 Å². The molecule has 0 bridgehead atoms. The van der Waals surface area contributed by atoms with Crippen LogP contribution in [0.5, 0.6) is 0 Å². The van der Waals surface area contributed by atoms with Crippen LogP contribution in [0.4, 0.5) is 0 Å². The molecule has 0 radical (unpaired) electrons. The van der Waals surface area contributed by atoms with Crippen molar-refractivity contribution < 1.29 is 4.79 Å². The molecule has 1 unspecified atom stereocenters. The van der Waals surface area contributed by atoms with Crippen LogP contribution < -0.4 is 0 Å². The predicted molar refractivity (Wildman–Crippen MR) is 93.7 cm³/mol. The standard InChI is InChI=1S/C17H16INOS/c18-13-5-3-12(4-6-13)17(20)19-9-7-15-14(8-10-21-15)16(19)11-1-2-11/h3-6,8,10-11,16H,1-2,7,9H2. The third-order valence-corrected chi connectivity index (χ3v) is 6.15. The molecule has 1 saturated carbocycles. The molecule has 21 heavy (non-hydrogen) atoms. The van der Waals surface area contributed by atoms with Crippen molar-refractivity contribution in [2.45, 2.75) is 25.3 Å². The lowest BCUT2D eigenvalue weighted by Gasteiger charge is -2.36. The molecule has 108 valence electrons. The smallest absolute Gasteiger partial charge is 0.254 e. The first-order valence-electron chi connectivity index (χ1n) is 7.37. The van der Waals surface area contributed by atoms with Crippen molar-refractivity contribution in [1.82, 2.24) is 4.90 Å². The highest BCUT2D eigenvalue weighted by molar-refractivity contribution is 14.1. The summed E-state index contributed by atoms with van der Waals surface area (Å²) in [6, 6.07) is 10.5. The summed E-state index contributed by atoms with van der Waals surface area (Å²) in [6.07, 6.45) is 3.53. The first-order valence-corrected chi connectivity index (χ1v) is 9.32. The van der Waals surface area contributed by atoms with Gasteiger partial charge in [-0.3, -0.25) is 4.79 Å². The molecule has 1 aliphatic carbocycles. The van der Waals surface area contributed by atoms with E-state index >= 15 is 0 Å². The van der Waals surface area contributed by atoms with Gasteiger partial charge >= 0.3 is 0 Å². The molecule has 4 rings (SSSR count). The maximum absolute atomic E-state index is 12.9. The van der Waals surface area contributed by atoms with Crippen molar-refractivity contribution in [3.8, 4) is 0 Å². The predicted octanol–water partition coefficient (Wildman–Crippen LogP) is 4.50. The highest BCUT2D eigenvalue weighted by Crippen LogP contribution is 2.48. The van der Waals surface area contributed by atoms with Gasteiger partial charge in [-0.1, -0.05) is 0 Å². The van der Waals surface area contributed by atoms with Crippen LogP contribution in [-0.4, -0.2) is 17.4 Å². The second kappa shape index (κ2) is 5.39. The van der Waals surface area contributed by atoms with Crippen molar-refractivity contribution in [1.29, 1.82) is 0 Å². The highest BCUT2D eigenvalue weighted by Gasteiger charge is 2.41. The number of halogens is 1. The van der Waals surface area contributed by atoms with E-state index in [9.17, 15) is 4.79 Å². The summed E-state index contributed by atoms with van der Waals surface area (Å²) in [5, 5.41) is 2.18. The second-order valence-electron chi connectivity index (χ2n) is 5.84. The highest BCUT2D eigenvalue weighted by atomic mass is 127. The molecule has 1 aromatic carbocycles. The largest absolute Gasteiger partial charge is 0.331 e. The molecule has 4 heteroatoms. The number of hydrogen-bond donors (Lipinski definition) is 0. The number of benzene rings is 1. The third-order valence-electron chi connectivity index (χ3n) is 4.43. The van der Waals surface area contributed by atoms with E-state index in [0.29, 0.717) is 12.0 Å². The van der Waals surface area contributed by atoms with E-state index < -0.39 is 0 Å². The van der Waals surface area contributed by atoms with Gasteiger partial charge in [0.25, 0.3) is 5.91 Å². The molecule has 1 atom stereocenters. The number of carbonyl (C=O) groups is 1. The van der Waals surface area contributed by atoms with Crippen LogP contribution in [0.15, 0.2) is 35.7 Å². The maximum Gasteiger partial charge on any atom is 0.254 e. The fraction of sp³-hybridized carbons (Fsp3) is 0.353.